The maximum atomic E-state index is 12.5. The molecule has 2 aliphatic rings. The zero-order valence-electron chi connectivity index (χ0n) is 11.4. The first kappa shape index (κ1) is 12.9. The lowest BCUT2D eigenvalue weighted by Gasteiger charge is -2.16. The molecule has 0 N–H and O–H groups in total. The summed E-state index contributed by atoms with van der Waals surface area (Å²) in [6, 6.07) is 3.94. The van der Waals surface area contributed by atoms with E-state index in [0.29, 0.717) is 24.2 Å². The van der Waals surface area contributed by atoms with Gasteiger partial charge in [-0.25, -0.2) is 4.98 Å². The van der Waals surface area contributed by atoms with Gasteiger partial charge in [-0.3, -0.25) is 9.69 Å². The summed E-state index contributed by atoms with van der Waals surface area (Å²) >= 11 is 0. The molecule has 3 rings (SSSR count). The van der Waals surface area contributed by atoms with Gasteiger partial charge in [0.2, 0.25) is 5.91 Å². The van der Waals surface area contributed by atoms with Crippen molar-refractivity contribution in [3.63, 3.8) is 0 Å². The van der Waals surface area contributed by atoms with Crippen LogP contribution in [-0.2, 0) is 25.8 Å². The largest absolute Gasteiger partial charge is 0.356 e. The van der Waals surface area contributed by atoms with Crippen molar-refractivity contribution in [1.29, 1.82) is 0 Å². The van der Waals surface area contributed by atoms with Gasteiger partial charge in [0.05, 0.1) is 24.5 Å². The molecule has 0 unspecified atom stereocenters. The highest BCUT2D eigenvalue weighted by atomic mass is 32.2. The average Bonchev–Trinajstić information content (AvgIpc) is 3.15. The van der Waals surface area contributed by atoms with Crippen molar-refractivity contribution in [3.05, 3.63) is 23.9 Å². The Labute approximate surface area is 116 Å². The van der Waals surface area contributed by atoms with Crippen LogP contribution in [0.5, 0.6) is 0 Å². The molecule has 1 fully saturated rings. The Hall–Kier alpha value is -1.07. The van der Waals surface area contributed by atoms with Gasteiger partial charge < -0.3 is 4.74 Å². The lowest BCUT2D eigenvalue weighted by atomic mass is 10.00. The Morgan fingerprint density at radius 3 is 2.95 bits per heavy atom. The summed E-state index contributed by atoms with van der Waals surface area (Å²) in [6.07, 6.45) is 8.04. The third-order valence-electron chi connectivity index (χ3n) is 3.82. The van der Waals surface area contributed by atoms with Crippen molar-refractivity contribution in [2.75, 3.05) is 36.5 Å². The van der Waals surface area contributed by atoms with Crippen molar-refractivity contribution in [2.24, 2.45) is 0 Å². The molecule has 0 saturated heterocycles. The predicted octanol–water partition coefficient (Wildman–Crippen LogP) is 1.31. The molecule has 1 saturated carbocycles. The summed E-state index contributed by atoms with van der Waals surface area (Å²) in [5.74, 6) is 2.02. The number of aromatic nitrogens is 1. The van der Waals surface area contributed by atoms with Gasteiger partial charge in [-0.1, -0.05) is 6.07 Å². The third kappa shape index (κ3) is 2.15. The van der Waals surface area contributed by atoms with Gasteiger partial charge in [0, 0.05) is 11.8 Å². The molecule has 1 amide bonds. The quantitative estimate of drug-likeness (QED) is 0.603. The van der Waals surface area contributed by atoms with Crippen molar-refractivity contribution >= 4 is 22.6 Å². The molecular weight excluding hydrogens is 260 g/mol. The Bertz CT molecular complexity index is 500. The number of hydrogen-bond donors (Lipinski definition) is 0. The first-order valence-corrected chi connectivity index (χ1v) is 8.75. The monoisotopic (exact) mass is 279 g/mol. The molecule has 5 heteroatoms. The van der Waals surface area contributed by atoms with E-state index in [0.717, 1.165) is 30.0 Å². The lowest BCUT2D eigenvalue weighted by Crippen LogP contribution is -2.34. The number of pyridine rings is 1. The zero-order chi connectivity index (χ0) is 13.5. The summed E-state index contributed by atoms with van der Waals surface area (Å²) in [5, 5.41) is 0. The molecule has 1 aliphatic heterocycles. The Kier molecular flexibility index (Phi) is 3.27. The Balaban J connectivity index is 1.71. The highest BCUT2D eigenvalue weighted by molar-refractivity contribution is 7.95. The van der Waals surface area contributed by atoms with Crippen LogP contribution in [0.1, 0.15) is 18.4 Å². The van der Waals surface area contributed by atoms with Crippen molar-refractivity contribution in [1.82, 2.24) is 4.98 Å². The second-order valence-corrected chi connectivity index (χ2v) is 7.80. The van der Waals surface area contributed by atoms with Crippen LogP contribution in [0.3, 0.4) is 0 Å². The van der Waals surface area contributed by atoms with Crippen molar-refractivity contribution in [2.45, 2.75) is 18.3 Å². The van der Waals surface area contributed by atoms with E-state index in [9.17, 15) is 4.79 Å². The van der Waals surface area contributed by atoms with E-state index in [1.807, 2.05) is 12.1 Å². The molecule has 0 bridgehead atoms. The molecule has 0 radical (unpaired) electrons. The van der Waals surface area contributed by atoms with Gasteiger partial charge in [-0.2, -0.15) is 0 Å². The number of fused-ring (bicyclic) bond motifs is 2. The molecule has 2 heterocycles. The number of nitrogens with zero attached hydrogens (tertiary/aromatic N) is 2. The third-order valence-corrected chi connectivity index (χ3v) is 4.80. The number of ether oxygens (including phenoxy) is 1. The molecule has 1 aromatic rings. The van der Waals surface area contributed by atoms with Gasteiger partial charge in [-0.15, -0.1) is 0 Å². The van der Waals surface area contributed by atoms with Crippen molar-refractivity contribution in [3.8, 4) is 0 Å². The maximum Gasteiger partial charge on any atom is 0.240 e. The lowest BCUT2D eigenvalue weighted by molar-refractivity contribution is -0.121. The van der Waals surface area contributed by atoms with E-state index in [1.54, 1.807) is 11.1 Å². The van der Waals surface area contributed by atoms with Gasteiger partial charge in [-0.05, 0) is 29.8 Å². The van der Waals surface area contributed by atoms with Crippen LogP contribution in [0.25, 0.3) is 0 Å². The maximum absolute atomic E-state index is 12.5. The molecule has 1 spiro atoms. The number of carbonyl (C=O) groups excluding carboxylic acids is 1. The van der Waals surface area contributed by atoms with Crippen LogP contribution >= 0.6 is 0 Å². The molecule has 1 aromatic heterocycles. The van der Waals surface area contributed by atoms with E-state index >= 15 is 0 Å². The number of anilines is 1. The summed E-state index contributed by atoms with van der Waals surface area (Å²) in [5.41, 5.74) is 0.835. The van der Waals surface area contributed by atoms with Gasteiger partial charge in [0.25, 0.3) is 0 Å². The second-order valence-electron chi connectivity index (χ2n) is 5.42. The fraction of sp³-hybridized carbons (Fsp3) is 0.571. The van der Waals surface area contributed by atoms with E-state index in [4.69, 9.17) is 4.74 Å². The second kappa shape index (κ2) is 4.80. The van der Waals surface area contributed by atoms with Gasteiger partial charge >= 0.3 is 0 Å². The number of hydrogen-bond acceptors (Lipinski definition) is 3. The van der Waals surface area contributed by atoms with E-state index in [-0.39, 0.29) is 11.3 Å². The van der Waals surface area contributed by atoms with Crippen LogP contribution in [-0.4, -0.2) is 42.5 Å². The number of amides is 1. The summed E-state index contributed by atoms with van der Waals surface area (Å²) in [6.45, 7) is 1.04. The average molecular weight is 279 g/mol. The van der Waals surface area contributed by atoms with Crippen molar-refractivity contribution < 1.29 is 9.53 Å². The minimum Gasteiger partial charge on any atom is -0.356 e. The van der Waals surface area contributed by atoms with Gasteiger partial charge in [0.15, 0.2) is 0 Å². The summed E-state index contributed by atoms with van der Waals surface area (Å²) in [4.78, 5) is 18.6. The standard InChI is InChI=1S/C14H19N2O2S/c1-19(2)9-8-18-10-16-12-11(4-3-7-15-12)14(5-6-14)13(16)17/h3-4,7H,5-6,8-10H2,1-2H3/q+1. The molecular formula is C14H19N2O2S+. The van der Waals surface area contributed by atoms with Crippen LogP contribution in [0.4, 0.5) is 5.82 Å². The zero-order valence-corrected chi connectivity index (χ0v) is 12.2. The molecule has 102 valence electrons. The molecule has 0 atom stereocenters. The number of carbonyl (C=O) groups is 1. The Morgan fingerprint density at radius 1 is 1.47 bits per heavy atom. The molecule has 19 heavy (non-hydrogen) atoms. The smallest absolute Gasteiger partial charge is 0.240 e. The first-order chi connectivity index (χ1) is 9.15. The predicted molar refractivity (Wildman–Crippen MR) is 77.5 cm³/mol. The van der Waals surface area contributed by atoms with Crippen LogP contribution < -0.4 is 4.90 Å². The van der Waals surface area contributed by atoms with Crippen LogP contribution in [0, 0.1) is 0 Å². The molecule has 4 nitrogen and oxygen atoms in total. The highest BCUT2D eigenvalue weighted by Crippen LogP contribution is 2.56. The summed E-state index contributed by atoms with van der Waals surface area (Å²) < 4.78 is 5.65. The van der Waals surface area contributed by atoms with Crippen LogP contribution in [0.2, 0.25) is 0 Å². The van der Waals surface area contributed by atoms with E-state index in [1.165, 1.54) is 0 Å². The molecule has 1 aliphatic carbocycles. The highest BCUT2D eigenvalue weighted by Gasteiger charge is 2.59. The van der Waals surface area contributed by atoms with Gasteiger partial charge in [0.1, 0.15) is 18.3 Å². The normalized spacial score (nSPS) is 19.3. The number of rotatable bonds is 5. The van der Waals surface area contributed by atoms with Crippen LogP contribution in [0.15, 0.2) is 18.3 Å². The minimum atomic E-state index is -0.257. The fourth-order valence-corrected chi connectivity index (χ4v) is 3.02. The summed E-state index contributed by atoms with van der Waals surface area (Å²) in [7, 11) is 0.381. The SMILES string of the molecule is C[S+](C)CCOCN1C(=O)C2(CC2)c2cccnc21. The van der Waals surface area contributed by atoms with E-state index < -0.39 is 0 Å². The fourth-order valence-electron chi connectivity index (χ4n) is 2.56. The van der Waals surface area contributed by atoms with E-state index in [2.05, 4.69) is 17.5 Å². The minimum absolute atomic E-state index is 0.174. The topological polar surface area (TPSA) is 42.4 Å². The molecule has 0 aromatic carbocycles. The first-order valence-electron chi connectivity index (χ1n) is 6.54. The Morgan fingerprint density at radius 2 is 2.26 bits per heavy atom.